The lowest BCUT2D eigenvalue weighted by Gasteiger charge is -2.42. The average Bonchev–Trinajstić information content (AvgIpc) is 2.63. The largest absolute Gasteiger partial charge is 0.467 e. The minimum atomic E-state index is -1.38. The number of piperidine rings is 1. The molecule has 1 aromatic carbocycles. The number of rotatable bonds is 5. The van der Waals surface area contributed by atoms with Gasteiger partial charge in [0.1, 0.15) is 0 Å². The molecular formula is C18H26N2O5. The number of hydrogen-bond donors (Lipinski definition) is 1. The highest BCUT2D eigenvalue weighted by Crippen LogP contribution is 2.30. The molecule has 1 aliphatic rings. The fourth-order valence-electron chi connectivity index (χ4n) is 3.32. The van der Waals surface area contributed by atoms with Crippen molar-refractivity contribution in [2.24, 2.45) is 0 Å². The Kier molecular flexibility index (Phi) is 6.16. The topological polar surface area (TPSA) is 79.3 Å². The summed E-state index contributed by atoms with van der Waals surface area (Å²) in [5, 5.41) is 12.9. The van der Waals surface area contributed by atoms with Crippen molar-refractivity contribution in [3.63, 3.8) is 0 Å². The SMILES string of the molecule is COC(=O)C1(N(O)C(=O)Cc2c(C)cccc2C)CCN(OC)CC1. The van der Waals surface area contributed by atoms with Gasteiger partial charge in [0.05, 0.1) is 20.6 Å². The molecule has 0 atom stereocenters. The summed E-state index contributed by atoms with van der Waals surface area (Å²) in [5.74, 6) is -1.13. The molecule has 1 amide bonds. The summed E-state index contributed by atoms with van der Waals surface area (Å²) in [7, 11) is 2.81. The van der Waals surface area contributed by atoms with Gasteiger partial charge in [0, 0.05) is 13.1 Å². The van der Waals surface area contributed by atoms with Crippen molar-refractivity contribution in [3.8, 4) is 0 Å². The molecule has 1 aromatic rings. The van der Waals surface area contributed by atoms with E-state index in [1.807, 2.05) is 32.0 Å². The molecule has 25 heavy (non-hydrogen) atoms. The Balaban J connectivity index is 2.23. The average molecular weight is 350 g/mol. The van der Waals surface area contributed by atoms with Crippen LogP contribution in [0.5, 0.6) is 0 Å². The van der Waals surface area contributed by atoms with Gasteiger partial charge in [0.25, 0.3) is 5.91 Å². The van der Waals surface area contributed by atoms with Gasteiger partial charge in [-0.25, -0.2) is 9.86 Å². The van der Waals surface area contributed by atoms with E-state index in [0.29, 0.717) is 18.2 Å². The zero-order valence-electron chi connectivity index (χ0n) is 15.2. The molecule has 0 bridgehead atoms. The first kappa shape index (κ1) is 19.4. The van der Waals surface area contributed by atoms with Crippen molar-refractivity contribution in [1.82, 2.24) is 10.1 Å². The molecule has 0 saturated carbocycles. The van der Waals surface area contributed by atoms with Gasteiger partial charge in [-0.1, -0.05) is 18.2 Å². The Morgan fingerprint density at radius 1 is 1.20 bits per heavy atom. The quantitative estimate of drug-likeness (QED) is 0.494. The van der Waals surface area contributed by atoms with Gasteiger partial charge in [-0.3, -0.25) is 10.0 Å². The molecule has 0 spiro atoms. The number of nitrogens with zero attached hydrogens (tertiary/aromatic N) is 2. The number of esters is 1. The van der Waals surface area contributed by atoms with E-state index in [2.05, 4.69) is 0 Å². The smallest absolute Gasteiger partial charge is 0.334 e. The van der Waals surface area contributed by atoms with Crippen LogP contribution < -0.4 is 0 Å². The fraction of sp³-hybridized carbons (Fsp3) is 0.556. The van der Waals surface area contributed by atoms with Gasteiger partial charge in [0.15, 0.2) is 5.54 Å². The van der Waals surface area contributed by atoms with E-state index >= 15 is 0 Å². The van der Waals surface area contributed by atoms with E-state index in [1.54, 1.807) is 12.2 Å². The third-order valence-electron chi connectivity index (χ3n) is 4.99. The van der Waals surface area contributed by atoms with E-state index in [9.17, 15) is 14.8 Å². The second-order valence-corrected chi connectivity index (χ2v) is 6.39. The molecule has 0 aromatic heterocycles. The molecule has 1 saturated heterocycles. The summed E-state index contributed by atoms with van der Waals surface area (Å²) in [6, 6.07) is 5.76. The van der Waals surface area contributed by atoms with Gasteiger partial charge < -0.3 is 9.57 Å². The molecule has 138 valence electrons. The summed E-state index contributed by atoms with van der Waals surface area (Å²) in [4.78, 5) is 30.3. The minimum absolute atomic E-state index is 0.0295. The summed E-state index contributed by atoms with van der Waals surface area (Å²) in [6.45, 7) is 4.67. The van der Waals surface area contributed by atoms with Crippen molar-refractivity contribution in [2.75, 3.05) is 27.3 Å². The van der Waals surface area contributed by atoms with Gasteiger partial charge >= 0.3 is 5.97 Å². The monoisotopic (exact) mass is 350 g/mol. The lowest BCUT2D eigenvalue weighted by Crippen LogP contribution is -2.61. The summed E-state index contributed by atoms with van der Waals surface area (Å²) in [6.07, 6.45) is 0.507. The van der Waals surface area contributed by atoms with E-state index in [0.717, 1.165) is 16.7 Å². The highest BCUT2D eigenvalue weighted by molar-refractivity contribution is 5.88. The van der Waals surface area contributed by atoms with Crippen LogP contribution in [-0.4, -0.2) is 60.1 Å². The molecule has 0 radical (unpaired) electrons. The predicted molar refractivity (Wildman–Crippen MR) is 90.8 cm³/mol. The summed E-state index contributed by atoms with van der Waals surface area (Å²) < 4.78 is 4.88. The third-order valence-corrected chi connectivity index (χ3v) is 4.99. The molecule has 0 aliphatic carbocycles. The molecule has 7 nitrogen and oxygen atoms in total. The predicted octanol–water partition coefficient (Wildman–Crippen LogP) is 1.63. The lowest BCUT2D eigenvalue weighted by atomic mass is 9.87. The van der Waals surface area contributed by atoms with E-state index in [4.69, 9.17) is 9.57 Å². The summed E-state index contributed by atoms with van der Waals surface area (Å²) >= 11 is 0. The number of ether oxygens (including phenoxy) is 1. The summed E-state index contributed by atoms with van der Waals surface area (Å²) in [5.41, 5.74) is 1.43. The first-order valence-electron chi connectivity index (χ1n) is 8.30. The van der Waals surface area contributed by atoms with Crippen molar-refractivity contribution in [1.29, 1.82) is 0 Å². The van der Waals surface area contributed by atoms with Crippen LogP contribution in [0.2, 0.25) is 0 Å². The van der Waals surface area contributed by atoms with Crippen LogP contribution in [0.15, 0.2) is 18.2 Å². The number of methoxy groups -OCH3 is 1. The van der Waals surface area contributed by atoms with Crippen molar-refractivity contribution >= 4 is 11.9 Å². The minimum Gasteiger partial charge on any atom is -0.467 e. The fourth-order valence-corrected chi connectivity index (χ4v) is 3.32. The van der Waals surface area contributed by atoms with Crippen LogP contribution in [0.4, 0.5) is 0 Å². The molecule has 0 unspecified atom stereocenters. The van der Waals surface area contributed by atoms with Crippen molar-refractivity contribution in [2.45, 2.75) is 38.6 Å². The van der Waals surface area contributed by atoms with Gasteiger partial charge in [0.2, 0.25) is 0 Å². The second kappa shape index (κ2) is 7.95. The molecule has 1 heterocycles. The van der Waals surface area contributed by atoms with Crippen LogP contribution in [0.3, 0.4) is 0 Å². The first-order chi connectivity index (χ1) is 11.9. The highest BCUT2D eigenvalue weighted by Gasteiger charge is 2.49. The molecule has 1 fully saturated rings. The Morgan fingerprint density at radius 2 is 1.76 bits per heavy atom. The second-order valence-electron chi connectivity index (χ2n) is 6.39. The zero-order chi connectivity index (χ0) is 18.6. The van der Waals surface area contributed by atoms with Gasteiger partial charge in [-0.05, 0) is 43.4 Å². The van der Waals surface area contributed by atoms with Crippen LogP contribution in [0.25, 0.3) is 0 Å². The molecular weight excluding hydrogens is 324 g/mol. The standard InChI is InChI=1S/C18H26N2O5/c1-13-6-5-7-14(2)15(13)12-16(21)20(23)18(17(22)24-3)8-10-19(25-4)11-9-18/h5-7,23H,8-12H2,1-4H3. The number of carbonyl (C=O) groups is 2. The number of hydroxylamine groups is 4. The molecule has 2 rings (SSSR count). The van der Waals surface area contributed by atoms with Crippen LogP contribution >= 0.6 is 0 Å². The number of carbonyl (C=O) groups excluding carboxylic acids is 2. The van der Waals surface area contributed by atoms with Crippen molar-refractivity contribution in [3.05, 3.63) is 34.9 Å². The first-order valence-corrected chi connectivity index (χ1v) is 8.30. The maximum absolute atomic E-state index is 12.7. The van der Waals surface area contributed by atoms with Crippen LogP contribution in [-0.2, 0) is 25.6 Å². The highest BCUT2D eigenvalue weighted by atomic mass is 16.7. The maximum Gasteiger partial charge on any atom is 0.334 e. The normalized spacial score (nSPS) is 17.2. The van der Waals surface area contributed by atoms with E-state index in [-0.39, 0.29) is 19.3 Å². The van der Waals surface area contributed by atoms with E-state index in [1.165, 1.54) is 7.11 Å². The number of amides is 1. The molecule has 7 heteroatoms. The Labute approximate surface area is 148 Å². The third kappa shape index (κ3) is 3.84. The molecule has 1 N–H and O–H groups in total. The number of hydrogen-bond acceptors (Lipinski definition) is 6. The zero-order valence-corrected chi connectivity index (χ0v) is 15.2. The van der Waals surface area contributed by atoms with Crippen LogP contribution in [0.1, 0.15) is 29.5 Å². The maximum atomic E-state index is 12.7. The lowest BCUT2D eigenvalue weighted by molar-refractivity contribution is -0.228. The Hall–Kier alpha value is -1.96. The van der Waals surface area contributed by atoms with Gasteiger partial charge in [-0.15, -0.1) is 0 Å². The Morgan fingerprint density at radius 3 is 2.24 bits per heavy atom. The van der Waals surface area contributed by atoms with Crippen LogP contribution in [0, 0.1) is 13.8 Å². The van der Waals surface area contributed by atoms with Crippen molar-refractivity contribution < 1.29 is 24.4 Å². The Bertz CT molecular complexity index is 618. The number of aryl methyl sites for hydroxylation is 2. The molecule has 1 aliphatic heterocycles. The van der Waals surface area contributed by atoms with E-state index < -0.39 is 17.4 Å². The van der Waals surface area contributed by atoms with Gasteiger partial charge in [-0.2, -0.15) is 5.06 Å². The number of benzene rings is 1.